The Balaban J connectivity index is 1.56. The molecule has 0 heterocycles. The number of hydrogen-bond donors (Lipinski definition) is 3. The van der Waals surface area contributed by atoms with Gasteiger partial charge in [0.25, 0.3) is 11.8 Å². The van der Waals surface area contributed by atoms with Crippen LogP contribution in [-0.4, -0.2) is 31.4 Å². The second-order valence-corrected chi connectivity index (χ2v) is 7.15. The molecular weight excluding hydrogens is 406 g/mol. The molecule has 0 saturated carbocycles. The number of nitrogens with one attached hydrogen (secondary N) is 3. The van der Waals surface area contributed by atoms with Crippen molar-refractivity contribution in [2.45, 2.75) is 13.3 Å². The summed E-state index contributed by atoms with van der Waals surface area (Å²) in [4.78, 5) is 37.3. The van der Waals surface area contributed by atoms with E-state index in [2.05, 4.69) is 16.0 Å². The minimum Gasteiger partial charge on any atom is -0.497 e. The number of carbonyl (C=O) groups excluding carboxylic acids is 3. The Morgan fingerprint density at radius 2 is 1.59 bits per heavy atom. The van der Waals surface area contributed by atoms with E-state index in [0.717, 1.165) is 5.56 Å². The predicted octanol–water partition coefficient (Wildman–Crippen LogP) is 4.01. The first kappa shape index (κ1) is 22.6. The van der Waals surface area contributed by atoms with Gasteiger partial charge in [-0.2, -0.15) is 0 Å². The Morgan fingerprint density at radius 3 is 2.31 bits per heavy atom. The maximum atomic E-state index is 12.7. The minimum atomic E-state index is -0.348. The van der Waals surface area contributed by atoms with Gasteiger partial charge in [-0.3, -0.25) is 14.4 Å². The average Bonchev–Trinajstić information content (AvgIpc) is 2.79. The minimum absolute atomic E-state index is 0.0754. The van der Waals surface area contributed by atoms with Crippen LogP contribution >= 0.6 is 0 Å². The van der Waals surface area contributed by atoms with Gasteiger partial charge >= 0.3 is 0 Å². The van der Waals surface area contributed by atoms with E-state index in [1.54, 1.807) is 67.8 Å². The van der Waals surface area contributed by atoms with Crippen LogP contribution in [0.5, 0.6) is 5.75 Å². The Bertz CT molecular complexity index is 1110. The predicted molar refractivity (Wildman–Crippen MR) is 124 cm³/mol. The van der Waals surface area contributed by atoms with Crippen LogP contribution in [0.4, 0.5) is 11.4 Å². The first-order valence-corrected chi connectivity index (χ1v) is 10.2. The number of hydrogen-bond acceptors (Lipinski definition) is 4. The summed E-state index contributed by atoms with van der Waals surface area (Å²) >= 11 is 0. The van der Waals surface area contributed by atoms with Crippen LogP contribution in [0.3, 0.4) is 0 Å². The molecule has 3 amide bonds. The third-order valence-corrected chi connectivity index (χ3v) is 4.71. The van der Waals surface area contributed by atoms with Crippen molar-refractivity contribution in [3.8, 4) is 5.75 Å². The maximum Gasteiger partial charge on any atom is 0.257 e. The number of methoxy groups -OCH3 is 1. The highest BCUT2D eigenvalue weighted by Gasteiger charge is 2.14. The summed E-state index contributed by atoms with van der Waals surface area (Å²) in [5.74, 6) is -0.205. The van der Waals surface area contributed by atoms with Gasteiger partial charge in [0.2, 0.25) is 5.91 Å². The molecule has 0 atom stereocenters. The molecule has 3 N–H and O–H groups in total. The van der Waals surface area contributed by atoms with Gasteiger partial charge in [0.05, 0.1) is 18.4 Å². The number of benzene rings is 3. The van der Waals surface area contributed by atoms with Crippen molar-refractivity contribution in [2.24, 2.45) is 0 Å². The normalized spacial score (nSPS) is 10.2. The van der Waals surface area contributed by atoms with E-state index < -0.39 is 0 Å². The summed E-state index contributed by atoms with van der Waals surface area (Å²) < 4.78 is 5.11. The van der Waals surface area contributed by atoms with Crippen LogP contribution in [0.25, 0.3) is 0 Å². The summed E-state index contributed by atoms with van der Waals surface area (Å²) in [7, 11) is 1.57. The molecular formula is C25H25N3O4. The van der Waals surface area contributed by atoms with Crippen molar-refractivity contribution in [1.82, 2.24) is 5.32 Å². The number of carbonyl (C=O) groups is 3. The number of aryl methyl sites for hydroxylation is 1. The van der Waals surface area contributed by atoms with E-state index in [4.69, 9.17) is 4.74 Å². The van der Waals surface area contributed by atoms with Crippen molar-refractivity contribution < 1.29 is 19.1 Å². The highest BCUT2D eigenvalue weighted by molar-refractivity contribution is 6.10. The van der Waals surface area contributed by atoms with Crippen molar-refractivity contribution in [3.05, 3.63) is 89.5 Å². The van der Waals surface area contributed by atoms with E-state index in [1.165, 1.54) is 0 Å². The number of para-hydroxylation sites is 1. The van der Waals surface area contributed by atoms with Gasteiger partial charge in [0, 0.05) is 24.2 Å². The fourth-order valence-electron chi connectivity index (χ4n) is 3.05. The molecule has 7 heteroatoms. The molecule has 0 fully saturated rings. The molecule has 3 rings (SSSR count). The lowest BCUT2D eigenvalue weighted by atomic mass is 10.1. The van der Waals surface area contributed by atoms with Crippen molar-refractivity contribution >= 4 is 29.1 Å². The van der Waals surface area contributed by atoms with Crippen LogP contribution in [0.1, 0.15) is 32.7 Å². The van der Waals surface area contributed by atoms with E-state index in [-0.39, 0.29) is 30.7 Å². The monoisotopic (exact) mass is 431 g/mol. The SMILES string of the molecule is COc1ccc(NC(=O)c2ccccc2NC(=O)CCNC(=O)c2cccc(C)c2)cc1. The molecule has 32 heavy (non-hydrogen) atoms. The summed E-state index contributed by atoms with van der Waals surface area (Å²) in [5.41, 5.74) is 2.87. The molecule has 0 unspecified atom stereocenters. The van der Waals surface area contributed by atoms with Crippen LogP contribution in [0.2, 0.25) is 0 Å². The quantitative estimate of drug-likeness (QED) is 0.502. The topological polar surface area (TPSA) is 96.5 Å². The number of ether oxygens (including phenoxy) is 1. The third-order valence-electron chi connectivity index (χ3n) is 4.71. The van der Waals surface area contributed by atoms with E-state index in [9.17, 15) is 14.4 Å². The van der Waals surface area contributed by atoms with Crippen LogP contribution in [0, 0.1) is 6.92 Å². The zero-order valence-corrected chi connectivity index (χ0v) is 18.0. The van der Waals surface area contributed by atoms with Crippen molar-refractivity contribution in [1.29, 1.82) is 0 Å². The second-order valence-electron chi connectivity index (χ2n) is 7.15. The highest BCUT2D eigenvalue weighted by atomic mass is 16.5. The third kappa shape index (κ3) is 6.18. The fourth-order valence-corrected chi connectivity index (χ4v) is 3.05. The summed E-state index contributed by atoms with van der Waals surface area (Å²) in [5, 5.41) is 8.28. The molecule has 0 aromatic heterocycles. The van der Waals surface area contributed by atoms with E-state index in [0.29, 0.717) is 28.3 Å². The molecule has 3 aromatic carbocycles. The smallest absolute Gasteiger partial charge is 0.257 e. The Labute approximate surface area is 186 Å². The van der Waals surface area contributed by atoms with Gasteiger partial charge in [0.15, 0.2) is 0 Å². The lowest BCUT2D eigenvalue weighted by Gasteiger charge is -2.12. The van der Waals surface area contributed by atoms with E-state index in [1.807, 2.05) is 19.1 Å². The van der Waals surface area contributed by atoms with Gasteiger partial charge in [-0.25, -0.2) is 0 Å². The van der Waals surface area contributed by atoms with Gasteiger partial charge in [-0.1, -0.05) is 29.8 Å². The molecule has 164 valence electrons. The van der Waals surface area contributed by atoms with Crippen molar-refractivity contribution in [3.63, 3.8) is 0 Å². The molecule has 7 nitrogen and oxygen atoms in total. The van der Waals surface area contributed by atoms with Gasteiger partial charge < -0.3 is 20.7 Å². The number of amides is 3. The summed E-state index contributed by atoms with van der Waals surface area (Å²) in [6, 6.07) is 20.9. The van der Waals surface area contributed by atoms with Gasteiger partial charge in [0.1, 0.15) is 5.75 Å². The molecule has 0 saturated heterocycles. The number of anilines is 2. The summed E-state index contributed by atoms with van der Waals surface area (Å²) in [6.07, 6.45) is 0.0754. The highest BCUT2D eigenvalue weighted by Crippen LogP contribution is 2.19. The second kappa shape index (κ2) is 10.8. The fraction of sp³-hybridized carbons (Fsp3) is 0.160. The lowest BCUT2D eigenvalue weighted by Crippen LogP contribution is -2.28. The Morgan fingerprint density at radius 1 is 0.844 bits per heavy atom. The molecule has 3 aromatic rings. The largest absolute Gasteiger partial charge is 0.497 e. The molecule has 0 aliphatic rings. The average molecular weight is 431 g/mol. The van der Waals surface area contributed by atoms with Gasteiger partial charge in [-0.15, -0.1) is 0 Å². The first-order valence-electron chi connectivity index (χ1n) is 10.2. The summed E-state index contributed by atoms with van der Waals surface area (Å²) in [6.45, 7) is 2.09. The number of rotatable bonds is 8. The Kier molecular flexibility index (Phi) is 7.59. The Hall–Kier alpha value is -4.13. The molecule has 0 aliphatic carbocycles. The molecule has 0 radical (unpaired) electrons. The molecule has 0 aliphatic heterocycles. The van der Waals surface area contributed by atoms with Gasteiger partial charge in [-0.05, 0) is 55.5 Å². The molecule has 0 bridgehead atoms. The van der Waals surface area contributed by atoms with Crippen LogP contribution in [-0.2, 0) is 4.79 Å². The zero-order chi connectivity index (χ0) is 22.9. The maximum absolute atomic E-state index is 12.7. The van der Waals surface area contributed by atoms with Crippen LogP contribution in [0.15, 0.2) is 72.8 Å². The lowest BCUT2D eigenvalue weighted by molar-refractivity contribution is -0.116. The van der Waals surface area contributed by atoms with Crippen LogP contribution < -0.4 is 20.7 Å². The standard InChI is InChI=1S/C25H25N3O4/c1-17-6-5-7-18(16-17)24(30)26-15-14-23(29)28-22-9-4-3-8-21(22)25(31)27-19-10-12-20(32-2)13-11-19/h3-13,16H,14-15H2,1-2H3,(H,26,30)(H,27,31)(H,28,29). The zero-order valence-electron chi connectivity index (χ0n) is 18.0. The first-order chi connectivity index (χ1) is 15.5. The van der Waals surface area contributed by atoms with Crippen molar-refractivity contribution in [2.75, 3.05) is 24.3 Å². The van der Waals surface area contributed by atoms with E-state index >= 15 is 0 Å². The molecule has 0 spiro atoms.